The highest BCUT2D eigenvalue weighted by Crippen LogP contribution is 2.27. The Hall–Kier alpha value is -2.20. The van der Waals surface area contributed by atoms with E-state index < -0.39 is 0 Å². The van der Waals surface area contributed by atoms with Crippen LogP contribution in [0.25, 0.3) is 0 Å². The summed E-state index contributed by atoms with van der Waals surface area (Å²) < 4.78 is 5.34. The third-order valence-corrected chi connectivity index (χ3v) is 3.26. The van der Waals surface area contributed by atoms with Gasteiger partial charge in [-0.2, -0.15) is 0 Å². The summed E-state index contributed by atoms with van der Waals surface area (Å²) in [5.41, 5.74) is 1.99. The van der Waals surface area contributed by atoms with Gasteiger partial charge in [0.2, 0.25) is 0 Å². The maximum atomic E-state index is 9.47. The summed E-state index contributed by atoms with van der Waals surface area (Å²) in [5.74, 6) is 0.641. The number of phenols is 2. The molecular weight excluding hydrogens is 254 g/mol. The topological polar surface area (TPSA) is 61.7 Å². The fourth-order valence-electron chi connectivity index (χ4n) is 2.08. The molecule has 3 N–H and O–H groups in total. The number of hydrogen-bond donors (Lipinski definition) is 3. The van der Waals surface area contributed by atoms with E-state index in [1.165, 1.54) is 6.07 Å². The van der Waals surface area contributed by atoms with Crippen LogP contribution in [0.1, 0.15) is 24.1 Å². The van der Waals surface area contributed by atoms with Crippen LogP contribution in [0.2, 0.25) is 0 Å². The van der Waals surface area contributed by atoms with Crippen LogP contribution in [0.5, 0.6) is 17.2 Å². The van der Waals surface area contributed by atoms with Crippen molar-refractivity contribution in [2.75, 3.05) is 7.11 Å². The third kappa shape index (κ3) is 3.22. The predicted octanol–water partition coefficient (Wildman–Crippen LogP) is 2.96. The second kappa shape index (κ2) is 6.30. The Kier molecular flexibility index (Phi) is 4.48. The number of phenolic OH excluding ortho intramolecular Hbond substituents is 2. The molecule has 4 heteroatoms. The van der Waals surface area contributed by atoms with Crippen molar-refractivity contribution in [3.63, 3.8) is 0 Å². The highest BCUT2D eigenvalue weighted by molar-refractivity contribution is 5.40. The van der Waals surface area contributed by atoms with E-state index in [4.69, 9.17) is 4.74 Å². The molecule has 0 fully saturated rings. The summed E-state index contributed by atoms with van der Waals surface area (Å²) in [6, 6.07) is 12.8. The van der Waals surface area contributed by atoms with E-state index in [-0.39, 0.29) is 17.5 Å². The van der Waals surface area contributed by atoms with E-state index in [9.17, 15) is 10.2 Å². The van der Waals surface area contributed by atoms with Crippen molar-refractivity contribution in [2.24, 2.45) is 0 Å². The lowest BCUT2D eigenvalue weighted by atomic mass is 10.1. The fraction of sp³-hybridized carbons (Fsp3) is 0.250. The maximum Gasteiger partial charge on any atom is 0.157 e. The fourth-order valence-corrected chi connectivity index (χ4v) is 2.08. The molecule has 0 amide bonds. The first-order valence-electron chi connectivity index (χ1n) is 6.49. The van der Waals surface area contributed by atoms with Crippen molar-refractivity contribution >= 4 is 0 Å². The van der Waals surface area contributed by atoms with Gasteiger partial charge in [-0.3, -0.25) is 0 Å². The highest BCUT2D eigenvalue weighted by Gasteiger charge is 2.10. The van der Waals surface area contributed by atoms with Gasteiger partial charge in [0.1, 0.15) is 5.75 Å². The molecule has 0 aliphatic heterocycles. The molecule has 2 aromatic carbocycles. The first-order chi connectivity index (χ1) is 9.61. The number of aromatic hydroxyl groups is 2. The van der Waals surface area contributed by atoms with Gasteiger partial charge in [-0.15, -0.1) is 0 Å². The number of hydrogen-bond acceptors (Lipinski definition) is 4. The van der Waals surface area contributed by atoms with Crippen molar-refractivity contribution in [1.29, 1.82) is 0 Å². The zero-order chi connectivity index (χ0) is 14.5. The average molecular weight is 273 g/mol. The molecule has 20 heavy (non-hydrogen) atoms. The Morgan fingerprint density at radius 3 is 2.55 bits per heavy atom. The molecule has 0 radical (unpaired) electrons. The SMILES string of the molecule is COc1ccccc1C(C)NCc1ccc(O)c(O)c1. The van der Waals surface area contributed by atoms with Gasteiger partial charge in [0.25, 0.3) is 0 Å². The Morgan fingerprint density at radius 1 is 1.10 bits per heavy atom. The zero-order valence-electron chi connectivity index (χ0n) is 11.6. The second-order valence-corrected chi connectivity index (χ2v) is 4.67. The second-order valence-electron chi connectivity index (χ2n) is 4.67. The molecule has 0 spiro atoms. The van der Waals surface area contributed by atoms with Crippen molar-refractivity contribution in [2.45, 2.75) is 19.5 Å². The average Bonchev–Trinajstić information content (AvgIpc) is 2.48. The summed E-state index contributed by atoms with van der Waals surface area (Å²) in [7, 11) is 1.66. The van der Waals surface area contributed by atoms with Crippen LogP contribution >= 0.6 is 0 Å². The lowest BCUT2D eigenvalue weighted by Gasteiger charge is -2.17. The van der Waals surface area contributed by atoms with Gasteiger partial charge in [0.05, 0.1) is 7.11 Å². The molecule has 106 valence electrons. The van der Waals surface area contributed by atoms with Crippen LogP contribution in [-0.4, -0.2) is 17.3 Å². The van der Waals surface area contributed by atoms with Gasteiger partial charge in [0.15, 0.2) is 11.5 Å². The van der Waals surface area contributed by atoms with E-state index in [0.717, 1.165) is 16.9 Å². The summed E-state index contributed by atoms with van der Waals surface area (Å²) in [5, 5.41) is 22.1. The van der Waals surface area contributed by atoms with E-state index in [1.807, 2.05) is 24.3 Å². The van der Waals surface area contributed by atoms with Crippen LogP contribution in [0.15, 0.2) is 42.5 Å². The highest BCUT2D eigenvalue weighted by atomic mass is 16.5. The molecule has 2 rings (SSSR count). The normalized spacial score (nSPS) is 12.1. The predicted molar refractivity (Wildman–Crippen MR) is 78.0 cm³/mol. The summed E-state index contributed by atoms with van der Waals surface area (Å²) in [6.07, 6.45) is 0. The monoisotopic (exact) mass is 273 g/mol. The van der Waals surface area contributed by atoms with E-state index in [1.54, 1.807) is 19.2 Å². The number of methoxy groups -OCH3 is 1. The molecule has 1 unspecified atom stereocenters. The summed E-state index contributed by atoms with van der Waals surface area (Å²) >= 11 is 0. The Balaban J connectivity index is 2.04. The minimum atomic E-state index is -0.105. The molecule has 1 atom stereocenters. The summed E-state index contributed by atoms with van der Waals surface area (Å²) in [4.78, 5) is 0. The van der Waals surface area contributed by atoms with Gasteiger partial charge in [-0.1, -0.05) is 24.3 Å². The molecule has 0 saturated carbocycles. The zero-order valence-corrected chi connectivity index (χ0v) is 11.6. The van der Waals surface area contributed by atoms with Gasteiger partial charge in [0, 0.05) is 18.2 Å². The molecule has 0 saturated heterocycles. The van der Waals surface area contributed by atoms with Crippen LogP contribution in [-0.2, 0) is 6.54 Å². The largest absolute Gasteiger partial charge is 0.504 e. The molecular formula is C16H19NO3. The third-order valence-electron chi connectivity index (χ3n) is 3.26. The van der Waals surface area contributed by atoms with E-state index in [0.29, 0.717) is 6.54 Å². The first-order valence-corrected chi connectivity index (χ1v) is 6.49. The molecule has 0 aliphatic carbocycles. The lowest BCUT2D eigenvalue weighted by molar-refractivity contribution is 0.399. The number of nitrogens with one attached hydrogen (secondary N) is 1. The van der Waals surface area contributed by atoms with Gasteiger partial charge in [-0.05, 0) is 30.7 Å². The molecule has 0 heterocycles. The standard InChI is InChI=1S/C16H19NO3/c1-11(13-5-3-4-6-16(13)20-2)17-10-12-7-8-14(18)15(19)9-12/h3-9,11,17-19H,10H2,1-2H3. The molecule has 0 aliphatic rings. The minimum absolute atomic E-state index is 0.103. The molecule has 0 aromatic heterocycles. The number of para-hydroxylation sites is 1. The number of benzene rings is 2. The molecule has 2 aromatic rings. The maximum absolute atomic E-state index is 9.47. The van der Waals surface area contributed by atoms with Gasteiger partial charge >= 0.3 is 0 Å². The Morgan fingerprint density at radius 2 is 1.85 bits per heavy atom. The minimum Gasteiger partial charge on any atom is -0.504 e. The number of rotatable bonds is 5. The molecule has 4 nitrogen and oxygen atoms in total. The summed E-state index contributed by atoms with van der Waals surface area (Å²) in [6.45, 7) is 2.64. The van der Waals surface area contributed by atoms with Crippen LogP contribution in [0.3, 0.4) is 0 Å². The number of ether oxygens (including phenoxy) is 1. The van der Waals surface area contributed by atoms with Crippen molar-refractivity contribution in [3.05, 3.63) is 53.6 Å². The smallest absolute Gasteiger partial charge is 0.157 e. The van der Waals surface area contributed by atoms with E-state index in [2.05, 4.69) is 12.2 Å². The van der Waals surface area contributed by atoms with Crippen molar-refractivity contribution < 1.29 is 14.9 Å². The molecule has 0 bridgehead atoms. The van der Waals surface area contributed by atoms with Crippen molar-refractivity contribution in [1.82, 2.24) is 5.32 Å². The van der Waals surface area contributed by atoms with Gasteiger partial charge < -0.3 is 20.3 Å². The van der Waals surface area contributed by atoms with Crippen LogP contribution in [0, 0.1) is 0 Å². The van der Waals surface area contributed by atoms with Crippen LogP contribution < -0.4 is 10.1 Å². The quantitative estimate of drug-likeness (QED) is 0.733. The lowest BCUT2D eigenvalue weighted by Crippen LogP contribution is -2.18. The van der Waals surface area contributed by atoms with Gasteiger partial charge in [-0.25, -0.2) is 0 Å². The van der Waals surface area contributed by atoms with Crippen LogP contribution in [0.4, 0.5) is 0 Å². The first kappa shape index (κ1) is 14.2. The van der Waals surface area contributed by atoms with E-state index >= 15 is 0 Å². The Labute approximate surface area is 118 Å². The Bertz CT molecular complexity index is 584. The van der Waals surface area contributed by atoms with Crippen molar-refractivity contribution in [3.8, 4) is 17.2 Å².